The Morgan fingerprint density at radius 3 is 2.21 bits per heavy atom. The fourth-order valence-electron chi connectivity index (χ4n) is 5.72. The van der Waals surface area contributed by atoms with Gasteiger partial charge in [-0.1, -0.05) is 104 Å². The smallest absolute Gasteiger partial charge is 0.442 e. The summed E-state index contributed by atoms with van der Waals surface area (Å²) in [4.78, 5) is 64.2. The zero-order valence-corrected chi connectivity index (χ0v) is 42.7. The molecule has 1 aromatic heterocycles. The second-order valence-corrected chi connectivity index (χ2v) is 19.4. The lowest BCUT2D eigenvalue weighted by atomic mass is 9.97. The average molecular weight is 1040 g/mol. The number of aryl methyl sites for hydroxylation is 2. The van der Waals surface area contributed by atoms with E-state index < -0.39 is 37.0 Å². The summed E-state index contributed by atoms with van der Waals surface area (Å²) in [5, 5.41) is 14.9. The molecule has 1 aliphatic rings. The number of hydrogen-bond acceptors (Lipinski definition) is 11. The Balaban J connectivity index is 0.000000312. The van der Waals surface area contributed by atoms with Crippen LogP contribution in [0.25, 0.3) is 5.69 Å². The van der Waals surface area contributed by atoms with Gasteiger partial charge in [0.2, 0.25) is 11.8 Å². The minimum atomic E-state index is -4.10. The van der Waals surface area contributed by atoms with Crippen LogP contribution in [0.5, 0.6) is 11.5 Å². The van der Waals surface area contributed by atoms with Gasteiger partial charge in [0, 0.05) is 18.1 Å². The number of halogens is 5. The Labute approximate surface area is 409 Å². The van der Waals surface area contributed by atoms with Crippen molar-refractivity contribution in [3.63, 3.8) is 0 Å². The van der Waals surface area contributed by atoms with E-state index in [-0.39, 0.29) is 47.0 Å². The molecule has 4 aromatic rings. The fraction of sp³-hybridized carbons (Fsp3) is 0.465. The third kappa shape index (κ3) is 18.3. The standard InChI is InChI=1S/C15H18Cl2N2O3.C14H20ClNO2.C11H11Cl2NO2.C3H8NO5P/c1-8(2)21-12-7-11(9(16)6-10(12)17)19-14(20)22-13(18-19)15(3,4)5;1-4-12-8-6-7-11(3)14(12)16(10-18-5-2)13(17)9-15;1-7-6-16-9-5-3-2-4-8(9)14(7)11(15)10(12)13;5-3(6)1-4-2-10(7,8)9/h6-8H,1-5H3;6-8H,4-5,9-10H2,1-3H3;2-5,7,10H,6H2,1H3;4H,1-2H2,(H,5,6)(H2,7,8,9). The maximum absolute atomic E-state index is 12.1. The number of alkyl halides is 3. The molecule has 366 valence electrons. The Hall–Kier alpha value is -3.87. The number of para-hydroxylation sites is 3. The largest absolute Gasteiger partial charge is 0.489 e. The van der Waals surface area contributed by atoms with Gasteiger partial charge in [-0.05, 0) is 70.4 Å². The molecule has 23 heteroatoms. The van der Waals surface area contributed by atoms with Crippen LogP contribution < -0.4 is 30.3 Å². The zero-order valence-electron chi connectivity index (χ0n) is 38.0. The van der Waals surface area contributed by atoms with E-state index in [4.69, 9.17) is 91.5 Å². The molecule has 0 spiro atoms. The number of nitrogens with zero attached hydrogens (tertiary/aromatic N) is 4. The third-order valence-electron chi connectivity index (χ3n) is 8.66. The van der Waals surface area contributed by atoms with Gasteiger partial charge in [-0.3, -0.25) is 29.2 Å². The molecule has 0 saturated heterocycles. The van der Waals surface area contributed by atoms with Crippen LogP contribution in [-0.4, -0.2) is 98.1 Å². The van der Waals surface area contributed by atoms with Crippen molar-refractivity contribution >= 4 is 94.8 Å². The first kappa shape index (κ1) is 58.3. The highest BCUT2D eigenvalue weighted by molar-refractivity contribution is 7.51. The Morgan fingerprint density at radius 1 is 1.03 bits per heavy atom. The molecule has 0 radical (unpaired) electrons. The van der Waals surface area contributed by atoms with Crippen molar-refractivity contribution in [2.24, 2.45) is 0 Å². The summed E-state index contributed by atoms with van der Waals surface area (Å²) in [6.07, 6.45) is 0.208. The lowest BCUT2D eigenvalue weighted by Gasteiger charge is -2.35. The van der Waals surface area contributed by atoms with Gasteiger partial charge < -0.3 is 38.4 Å². The number of amides is 2. The van der Waals surface area contributed by atoms with E-state index in [2.05, 4.69) is 17.3 Å². The molecule has 1 atom stereocenters. The highest BCUT2D eigenvalue weighted by Gasteiger charge is 2.32. The molecule has 2 amide bonds. The number of carboxylic acids is 1. The molecule has 2 heterocycles. The molecule has 0 fully saturated rings. The SMILES string of the molecule is CC(C)Oc1cc(-n2nc(C(C)(C)C)oc2=O)c(Cl)cc1Cl.CC1COc2ccccc2N1C(=O)C(Cl)Cl.CCOCN(C(=O)CCl)c1c(C)cccc1CC.O=C(O)CNCP(=O)(O)O. The molecule has 5 rings (SSSR count). The fourth-order valence-corrected chi connectivity index (χ4v) is 6.98. The summed E-state index contributed by atoms with van der Waals surface area (Å²) < 4.78 is 32.9. The van der Waals surface area contributed by atoms with Crippen molar-refractivity contribution in [3.05, 3.63) is 92.2 Å². The van der Waals surface area contributed by atoms with E-state index in [0.29, 0.717) is 41.3 Å². The van der Waals surface area contributed by atoms with Crippen LogP contribution in [0.15, 0.2) is 63.8 Å². The van der Waals surface area contributed by atoms with Crippen molar-refractivity contribution in [3.8, 4) is 17.2 Å². The first-order valence-electron chi connectivity index (χ1n) is 20.4. The highest BCUT2D eigenvalue weighted by atomic mass is 35.5. The van der Waals surface area contributed by atoms with E-state index >= 15 is 0 Å². The van der Waals surface area contributed by atoms with Crippen LogP contribution in [0.3, 0.4) is 0 Å². The van der Waals surface area contributed by atoms with Crippen LogP contribution in [0.1, 0.15) is 72.4 Å². The Kier molecular flexibility index (Phi) is 24.0. The number of hydrogen-bond donors (Lipinski definition) is 4. The first-order valence-corrected chi connectivity index (χ1v) is 24.3. The predicted molar refractivity (Wildman–Crippen MR) is 259 cm³/mol. The minimum Gasteiger partial charge on any atom is -0.489 e. The summed E-state index contributed by atoms with van der Waals surface area (Å²) in [6, 6.07) is 16.4. The van der Waals surface area contributed by atoms with Gasteiger partial charge in [0.05, 0.1) is 52.1 Å². The maximum atomic E-state index is 12.1. The van der Waals surface area contributed by atoms with E-state index in [1.807, 2.05) is 97.9 Å². The molecular weight excluding hydrogens is 987 g/mol. The third-order valence-corrected chi connectivity index (χ3v) is 10.5. The Bertz CT molecular complexity index is 2330. The summed E-state index contributed by atoms with van der Waals surface area (Å²) >= 11 is 29.2. The Morgan fingerprint density at radius 2 is 1.68 bits per heavy atom. The highest BCUT2D eigenvalue weighted by Crippen LogP contribution is 2.36. The van der Waals surface area contributed by atoms with E-state index in [0.717, 1.165) is 33.6 Å². The van der Waals surface area contributed by atoms with Crippen LogP contribution in [0, 0.1) is 6.92 Å². The van der Waals surface area contributed by atoms with Crippen LogP contribution >= 0.6 is 65.6 Å². The molecule has 3 aromatic carbocycles. The minimum absolute atomic E-state index is 0.0371. The summed E-state index contributed by atoms with van der Waals surface area (Å²) in [5.74, 6) is -0.787. The van der Waals surface area contributed by atoms with Gasteiger partial charge >= 0.3 is 19.3 Å². The van der Waals surface area contributed by atoms with Crippen molar-refractivity contribution in [1.29, 1.82) is 0 Å². The molecule has 1 unspecified atom stereocenters. The number of anilines is 2. The number of fused-ring (bicyclic) bond motifs is 1. The second kappa shape index (κ2) is 27.2. The number of carboxylic acid groups (broad SMARTS) is 1. The molecular formula is C43H57Cl5N5O12P. The first-order chi connectivity index (χ1) is 30.8. The van der Waals surface area contributed by atoms with Crippen molar-refractivity contribution in [2.75, 3.05) is 48.5 Å². The van der Waals surface area contributed by atoms with E-state index in [1.54, 1.807) is 15.9 Å². The number of aliphatic carboxylic acids is 1. The zero-order chi connectivity index (χ0) is 50.1. The molecule has 17 nitrogen and oxygen atoms in total. The lowest BCUT2D eigenvalue weighted by Crippen LogP contribution is -2.47. The topological polar surface area (TPSA) is 223 Å². The number of rotatable bonds is 14. The van der Waals surface area contributed by atoms with E-state index in [9.17, 15) is 23.7 Å². The summed E-state index contributed by atoms with van der Waals surface area (Å²) in [5.41, 5.74) is 3.82. The number of carbonyl (C=O) groups excluding carboxylic acids is 2. The van der Waals surface area contributed by atoms with Gasteiger partial charge in [-0.25, -0.2) is 4.79 Å². The number of nitrogens with one attached hydrogen (secondary N) is 1. The van der Waals surface area contributed by atoms with Crippen LogP contribution in [-0.2, 0) is 35.5 Å². The number of benzene rings is 3. The monoisotopic (exact) mass is 1040 g/mol. The van der Waals surface area contributed by atoms with Crippen molar-refractivity contribution in [2.45, 2.75) is 91.1 Å². The number of aromatic nitrogens is 2. The van der Waals surface area contributed by atoms with Gasteiger partial charge in [-0.15, -0.1) is 16.7 Å². The lowest BCUT2D eigenvalue weighted by molar-refractivity contribution is -0.135. The van der Waals surface area contributed by atoms with E-state index in [1.165, 1.54) is 6.07 Å². The van der Waals surface area contributed by atoms with Gasteiger partial charge in [-0.2, -0.15) is 4.68 Å². The molecule has 0 saturated carbocycles. The molecule has 0 aliphatic carbocycles. The molecule has 0 bridgehead atoms. The van der Waals surface area contributed by atoms with Gasteiger partial charge in [0.25, 0.3) is 5.91 Å². The molecule has 1 aliphatic heterocycles. The summed E-state index contributed by atoms with van der Waals surface area (Å²) in [7, 11) is -4.10. The maximum Gasteiger partial charge on any atom is 0.442 e. The number of carbonyl (C=O) groups is 3. The summed E-state index contributed by atoms with van der Waals surface area (Å²) in [6.45, 7) is 18.2. The van der Waals surface area contributed by atoms with Crippen molar-refractivity contribution in [1.82, 2.24) is 15.1 Å². The van der Waals surface area contributed by atoms with Gasteiger partial charge in [0.1, 0.15) is 30.7 Å². The molecule has 4 N–H and O–H groups in total. The predicted octanol–water partition coefficient (Wildman–Crippen LogP) is 8.74. The van der Waals surface area contributed by atoms with Crippen LogP contribution in [0.2, 0.25) is 10.0 Å². The number of ether oxygens (including phenoxy) is 3. The quantitative estimate of drug-likeness (QED) is 0.0527. The van der Waals surface area contributed by atoms with Crippen LogP contribution in [0.4, 0.5) is 11.4 Å². The molecule has 66 heavy (non-hydrogen) atoms. The average Bonchev–Trinajstić information content (AvgIpc) is 3.63. The normalized spacial score (nSPS) is 13.2. The van der Waals surface area contributed by atoms with Crippen molar-refractivity contribution < 1.29 is 52.5 Å². The van der Waals surface area contributed by atoms with Gasteiger partial charge in [0.15, 0.2) is 4.84 Å². The second-order valence-electron chi connectivity index (χ2n) is 15.5.